The van der Waals surface area contributed by atoms with Crippen molar-refractivity contribution in [3.05, 3.63) is 94.8 Å². The van der Waals surface area contributed by atoms with Gasteiger partial charge in [0.25, 0.3) is 5.91 Å². The molecule has 10 heteroatoms. The maximum atomic E-state index is 13.2. The molecule has 33 heavy (non-hydrogen) atoms. The Morgan fingerprint density at radius 2 is 1.58 bits per heavy atom. The Labute approximate surface area is 187 Å². The normalized spacial score (nSPS) is 14.5. The van der Waals surface area contributed by atoms with Crippen molar-refractivity contribution in [3.63, 3.8) is 0 Å². The maximum absolute atomic E-state index is 13.2. The lowest BCUT2D eigenvalue weighted by Crippen LogP contribution is -2.36. The standard InChI is InChI=1S/C23H18F4N2O3S/c24-19-6-9-21(10-7-19)33(31,32)29-12-11-15-3-8-20(13-17(15)14-29)28-22(30)16-1-4-18(5-2-16)23(25,26)27/h1-10,13H,11-12,14H2,(H,28,30). The van der Waals surface area contributed by atoms with Gasteiger partial charge >= 0.3 is 6.18 Å². The molecule has 0 bridgehead atoms. The molecule has 172 valence electrons. The highest BCUT2D eigenvalue weighted by atomic mass is 32.2. The summed E-state index contributed by atoms with van der Waals surface area (Å²) in [5.41, 5.74) is 1.21. The molecule has 1 amide bonds. The van der Waals surface area contributed by atoms with E-state index in [0.717, 1.165) is 42.0 Å². The number of nitrogens with one attached hydrogen (secondary N) is 1. The first-order valence-corrected chi connectivity index (χ1v) is 11.3. The van der Waals surface area contributed by atoms with E-state index in [2.05, 4.69) is 5.32 Å². The zero-order valence-corrected chi connectivity index (χ0v) is 17.9. The Hall–Kier alpha value is -3.24. The maximum Gasteiger partial charge on any atom is 0.416 e. The average molecular weight is 478 g/mol. The van der Waals surface area contributed by atoms with Crippen LogP contribution in [0.3, 0.4) is 0 Å². The van der Waals surface area contributed by atoms with Crippen molar-refractivity contribution in [1.82, 2.24) is 4.31 Å². The molecule has 0 radical (unpaired) electrons. The van der Waals surface area contributed by atoms with Gasteiger partial charge in [0.2, 0.25) is 10.0 Å². The number of nitrogens with zero attached hydrogens (tertiary/aromatic N) is 1. The van der Waals surface area contributed by atoms with Gasteiger partial charge in [-0.3, -0.25) is 4.79 Å². The number of carbonyl (C=O) groups excluding carboxylic acids is 1. The molecule has 3 aromatic rings. The number of fused-ring (bicyclic) bond motifs is 1. The molecule has 0 saturated carbocycles. The van der Waals surface area contributed by atoms with Gasteiger partial charge in [-0.15, -0.1) is 0 Å². The summed E-state index contributed by atoms with van der Waals surface area (Å²) < 4.78 is 78.4. The number of amides is 1. The first-order chi connectivity index (χ1) is 15.5. The molecule has 1 heterocycles. The fourth-order valence-electron chi connectivity index (χ4n) is 3.58. The van der Waals surface area contributed by atoms with Crippen LogP contribution in [0, 0.1) is 5.82 Å². The predicted octanol–water partition coefficient (Wildman–Crippen LogP) is 4.84. The highest BCUT2D eigenvalue weighted by molar-refractivity contribution is 7.89. The van der Waals surface area contributed by atoms with Crippen LogP contribution in [0.15, 0.2) is 71.6 Å². The third-order valence-electron chi connectivity index (χ3n) is 5.37. The van der Waals surface area contributed by atoms with Gasteiger partial charge in [-0.2, -0.15) is 17.5 Å². The van der Waals surface area contributed by atoms with Gasteiger partial charge in [0.15, 0.2) is 0 Å². The van der Waals surface area contributed by atoms with Crippen molar-refractivity contribution >= 4 is 21.6 Å². The highest BCUT2D eigenvalue weighted by Gasteiger charge is 2.30. The van der Waals surface area contributed by atoms with Crippen LogP contribution in [0.25, 0.3) is 0 Å². The Morgan fingerprint density at radius 3 is 2.21 bits per heavy atom. The summed E-state index contributed by atoms with van der Waals surface area (Å²) in [7, 11) is -3.83. The molecule has 0 spiro atoms. The summed E-state index contributed by atoms with van der Waals surface area (Å²) in [5.74, 6) is -1.12. The number of rotatable bonds is 4. The smallest absolute Gasteiger partial charge is 0.322 e. The fraction of sp³-hybridized carbons (Fsp3) is 0.174. The lowest BCUT2D eigenvalue weighted by Gasteiger charge is -2.28. The van der Waals surface area contributed by atoms with Gasteiger partial charge in [-0.1, -0.05) is 6.07 Å². The monoisotopic (exact) mass is 478 g/mol. The number of sulfonamides is 1. The van der Waals surface area contributed by atoms with E-state index in [-0.39, 0.29) is 23.5 Å². The van der Waals surface area contributed by atoms with Crippen molar-refractivity contribution in [2.45, 2.75) is 24.0 Å². The van der Waals surface area contributed by atoms with Crippen molar-refractivity contribution in [3.8, 4) is 0 Å². The minimum atomic E-state index is -4.49. The molecule has 0 atom stereocenters. The minimum absolute atomic E-state index is 0.0147. The lowest BCUT2D eigenvalue weighted by atomic mass is 10.0. The lowest BCUT2D eigenvalue weighted by molar-refractivity contribution is -0.137. The molecule has 1 aliphatic rings. The quantitative estimate of drug-likeness (QED) is 0.546. The van der Waals surface area contributed by atoms with Gasteiger partial charge in [-0.25, -0.2) is 12.8 Å². The molecule has 3 aromatic carbocycles. The largest absolute Gasteiger partial charge is 0.416 e. The van der Waals surface area contributed by atoms with Crippen LogP contribution in [-0.2, 0) is 29.2 Å². The molecule has 1 N–H and O–H groups in total. The second-order valence-electron chi connectivity index (χ2n) is 7.56. The summed E-state index contributed by atoms with van der Waals surface area (Å²) in [5, 5.41) is 2.63. The van der Waals surface area contributed by atoms with Gasteiger partial charge in [0, 0.05) is 24.3 Å². The Bertz CT molecular complexity index is 1290. The van der Waals surface area contributed by atoms with Crippen LogP contribution in [-0.4, -0.2) is 25.2 Å². The second-order valence-corrected chi connectivity index (χ2v) is 9.49. The topological polar surface area (TPSA) is 66.5 Å². The SMILES string of the molecule is O=C(Nc1ccc2c(c1)CN(S(=O)(=O)c1ccc(F)cc1)CC2)c1ccc(C(F)(F)F)cc1. The number of hydrogen-bond acceptors (Lipinski definition) is 3. The summed E-state index contributed by atoms with van der Waals surface area (Å²) in [6.07, 6.45) is -4.03. The van der Waals surface area contributed by atoms with Crippen molar-refractivity contribution in [1.29, 1.82) is 0 Å². The molecule has 0 aliphatic carbocycles. The van der Waals surface area contributed by atoms with E-state index in [9.17, 15) is 30.8 Å². The number of hydrogen-bond donors (Lipinski definition) is 1. The van der Waals surface area contributed by atoms with E-state index in [0.29, 0.717) is 17.7 Å². The van der Waals surface area contributed by atoms with Gasteiger partial charge in [-0.05, 0) is 78.2 Å². The molecule has 0 fully saturated rings. The third kappa shape index (κ3) is 4.91. The van der Waals surface area contributed by atoms with Gasteiger partial charge in [0.1, 0.15) is 5.82 Å². The number of benzene rings is 3. The highest BCUT2D eigenvalue weighted by Crippen LogP contribution is 2.30. The van der Waals surface area contributed by atoms with Gasteiger partial charge in [0.05, 0.1) is 10.5 Å². The van der Waals surface area contributed by atoms with E-state index in [1.54, 1.807) is 18.2 Å². The van der Waals surface area contributed by atoms with Crippen LogP contribution in [0.4, 0.5) is 23.2 Å². The van der Waals surface area contributed by atoms with E-state index >= 15 is 0 Å². The molecule has 5 nitrogen and oxygen atoms in total. The first kappa shape index (κ1) is 22.9. The molecule has 1 aliphatic heterocycles. The number of halogens is 4. The van der Waals surface area contributed by atoms with Gasteiger partial charge < -0.3 is 5.32 Å². The fourth-order valence-corrected chi connectivity index (χ4v) is 5.00. The van der Waals surface area contributed by atoms with Crippen LogP contribution >= 0.6 is 0 Å². The molecule has 0 saturated heterocycles. The molecular formula is C23H18F4N2O3S. The molecule has 0 unspecified atom stereocenters. The minimum Gasteiger partial charge on any atom is -0.322 e. The van der Waals surface area contributed by atoms with Crippen molar-refractivity contribution in [2.24, 2.45) is 0 Å². The summed E-state index contributed by atoms with van der Waals surface area (Å²) in [6.45, 7) is 0.322. The summed E-state index contributed by atoms with van der Waals surface area (Å²) in [6, 6.07) is 13.5. The van der Waals surface area contributed by atoms with E-state index in [1.807, 2.05) is 0 Å². The zero-order valence-electron chi connectivity index (χ0n) is 17.1. The zero-order chi connectivity index (χ0) is 23.8. The van der Waals surface area contributed by atoms with E-state index < -0.39 is 33.5 Å². The molecular weight excluding hydrogens is 460 g/mol. The Kier molecular flexibility index (Phi) is 5.98. The second kappa shape index (κ2) is 8.60. The van der Waals surface area contributed by atoms with Crippen LogP contribution in [0.5, 0.6) is 0 Å². The summed E-state index contributed by atoms with van der Waals surface area (Å²) in [4.78, 5) is 12.4. The molecule has 4 rings (SSSR count). The van der Waals surface area contributed by atoms with Crippen molar-refractivity contribution in [2.75, 3.05) is 11.9 Å². The third-order valence-corrected chi connectivity index (χ3v) is 7.23. The van der Waals surface area contributed by atoms with Crippen LogP contribution < -0.4 is 5.32 Å². The number of alkyl halides is 3. The van der Waals surface area contributed by atoms with Crippen LogP contribution in [0.2, 0.25) is 0 Å². The Morgan fingerprint density at radius 1 is 0.909 bits per heavy atom. The number of anilines is 1. The summed E-state index contributed by atoms with van der Waals surface area (Å²) >= 11 is 0. The van der Waals surface area contributed by atoms with E-state index in [1.165, 1.54) is 16.4 Å². The first-order valence-electron chi connectivity index (χ1n) is 9.90. The van der Waals surface area contributed by atoms with Crippen molar-refractivity contribution < 1.29 is 30.8 Å². The predicted molar refractivity (Wildman–Crippen MR) is 114 cm³/mol. The van der Waals surface area contributed by atoms with E-state index in [4.69, 9.17) is 0 Å². The van der Waals surface area contributed by atoms with Crippen LogP contribution in [0.1, 0.15) is 27.0 Å². The average Bonchev–Trinajstić information content (AvgIpc) is 2.78. The molecule has 0 aromatic heterocycles. The number of carbonyl (C=O) groups is 1. The Balaban J connectivity index is 1.51.